The fraction of sp³-hybridized carbons (Fsp3) is 0.714. The minimum Gasteiger partial charge on any atom is -0.462 e. The summed E-state index contributed by atoms with van der Waals surface area (Å²) >= 11 is 0. The molecule has 0 fully saturated rings. The van der Waals surface area contributed by atoms with Crippen molar-refractivity contribution in [1.29, 1.82) is 0 Å². The van der Waals surface area contributed by atoms with E-state index >= 15 is 0 Å². The summed E-state index contributed by atoms with van der Waals surface area (Å²) in [5, 5.41) is 9.89. The van der Waals surface area contributed by atoms with Crippen molar-refractivity contribution in [3.05, 3.63) is 60.8 Å². The average Bonchev–Trinajstić information content (AvgIpc) is 3.09. The highest BCUT2D eigenvalue weighted by atomic mass is 31.2. The van der Waals surface area contributed by atoms with Crippen LogP contribution in [0.1, 0.15) is 136 Å². The van der Waals surface area contributed by atoms with Gasteiger partial charge in [0.15, 0.2) is 6.10 Å². The number of allylic oxidation sites excluding steroid dienone is 9. The number of unbranched alkanes of at least 4 members (excludes halogenated alkanes) is 10. The van der Waals surface area contributed by atoms with Gasteiger partial charge < -0.3 is 24.0 Å². The number of rotatable bonds is 35. The van der Waals surface area contributed by atoms with Gasteiger partial charge in [0.1, 0.15) is 19.8 Å². The molecule has 0 aliphatic heterocycles. The van der Waals surface area contributed by atoms with Crippen LogP contribution >= 0.6 is 7.82 Å². The third kappa shape index (κ3) is 37.8. The van der Waals surface area contributed by atoms with Crippen LogP contribution in [0.15, 0.2) is 60.8 Å². The van der Waals surface area contributed by atoms with Gasteiger partial charge in [0, 0.05) is 12.8 Å². The molecular formula is C42H75NO9P+. The number of phosphoric acid groups is 1. The molecule has 0 amide bonds. The van der Waals surface area contributed by atoms with Crippen LogP contribution in [0.3, 0.4) is 0 Å². The molecule has 0 saturated carbocycles. The van der Waals surface area contributed by atoms with Gasteiger partial charge in [-0.1, -0.05) is 126 Å². The molecule has 10 nitrogen and oxygen atoms in total. The second kappa shape index (κ2) is 34.2. The van der Waals surface area contributed by atoms with Gasteiger partial charge in [0.2, 0.25) is 0 Å². The fourth-order valence-corrected chi connectivity index (χ4v) is 5.60. The predicted octanol–water partition coefficient (Wildman–Crippen LogP) is 9.87. The smallest absolute Gasteiger partial charge is 0.462 e. The van der Waals surface area contributed by atoms with Crippen molar-refractivity contribution in [1.82, 2.24) is 0 Å². The van der Waals surface area contributed by atoms with E-state index in [2.05, 4.69) is 38.2 Å². The lowest BCUT2D eigenvalue weighted by Crippen LogP contribution is -2.37. The first kappa shape index (κ1) is 50.7. The van der Waals surface area contributed by atoms with Crippen molar-refractivity contribution in [2.75, 3.05) is 47.5 Å². The Hall–Kier alpha value is -2.33. The molecule has 0 radical (unpaired) electrons. The normalized spacial score (nSPS) is 14.9. The summed E-state index contributed by atoms with van der Waals surface area (Å²) in [6.45, 7) is 4.13. The van der Waals surface area contributed by atoms with Gasteiger partial charge in [-0.15, -0.1) is 0 Å². The lowest BCUT2D eigenvalue weighted by atomic mass is 10.1. The quantitative estimate of drug-likeness (QED) is 0.0162. The molecule has 0 saturated heterocycles. The number of esters is 2. The van der Waals surface area contributed by atoms with Crippen LogP contribution in [-0.4, -0.2) is 86.1 Å². The number of aliphatic hydroxyl groups excluding tert-OH is 1. The van der Waals surface area contributed by atoms with E-state index < -0.39 is 32.5 Å². The average molecular weight is 769 g/mol. The van der Waals surface area contributed by atoms with Crippen molar-refractivity contribution in [2.45, 2.75) is 148 Å². The maximum absolute atomic E-state index is 12.6. The highest BCUT2D eigenvalue weighted by Crippen LogP contribution is 2.43. The first-order valence-corrected chi connectivity index (χ1v) is 21.6. The van der Waals surface area contributed by atoms with E-state index in [1.54, 1.807) is 0 Å². The van der Waals surface area contributed by atoms with E-state index in [0.717, 1.165) is 77.0 Å². The van der Waals surface area contributed by atoms with Crippen molar-refractivity contribution in [2.24, 2.45) is 0 Å². The van der Waals surface area contributed by atoms with E-state index in [0.29, 0.717) is 30.3 Å². The van der Waals surface area contributed by atoms with Crippen molar-refractivity contribution >= 4 is 19.8 Å². The third-order valence-electron chi connectivity index (χ3n) is 8.12. The first-order chi connectivity index (χ1) is 25.4. The van der Waals surface area contributed by atoms with Gasteiger partial charge in [-0.3, -0.25) is 18.6 Å². The van der Waals surface area contributed by atoms with Gasteiger partial charge in [-0.25, -0.2) is 4.57 Å². The van der Waals surface area contributed by atoms with E-state index in [1.165, 1.54) is 12.8 Å². The Morgan fingerprint density at radius 1 is 0.679 bits per heavy atom. The van der Waals surface area contributed by atoms with Gasteiger partial charge in [-0.05, 0) is 57.8 Å². The Labute approximate surface area is 322 Å². The number of likely N-dealkylation sites (N-methyl/N-ethyl adjacent to an activating group) is 1. The lowest BCUT2D eigenvalue weighted by Gasteiger charge is -2.24. The number of hydrogen-bond donors (Lipinski definition) is 2. The van der Waals surface area contributed by atoms with E-state index in [4.69, 9.17) is 18.5 Å². The molecule has 0 heterocycles. The van der Waals surface area contributed by atoms with Crippen molar-refractivity contribution in [3.63, 3.8) is 0 Å². The van der Waals surface area contributed by atoms with Gasteiger partial charge in [0.05, 0.1) is 33.9 Å². The molecule has 0 spiro atoms. The van der Waals surface area contributed by atoms with Crippen LogP contribution in [0.2, 0.25) is 0 Å². The Morgan fingerprint density at radius 2 is 1.28 bits per heavy atom. The van der Waals surface area contributed by atoms with Crippen LogP contribution in [-0.2, 0) is 32.7 Å². The minimum atomic E-state index is -4.40. The summed E-state index contributed by atoms with van der Waals surface area (Å²) < 4.78 is 34.1. The third-order valence-corrected chi connectivity index (χ3v) is 9.11. The Morgan fingerprint density at radius 3 is 2.00 bits per heavy atom. The first-order valence-electron chi connectivity index (χ1n) is 20.1. The fourth-order valence-electron chi connectivity index (χ4n) is 4.86. The highest BCUT2D eigenvalue weighted by molar-refractivity contribution is 7.47. The van der Waals surface area contributed by atoms with Crippen LogP contribution < -0.4 is 0 Å². The Kier molecular flexibility index (Phi) is 32.7. The zero-order chi connectivity index (χ0) is 39.5. The number of aliphatic hydroxyl groups is 1. The summed E-state index contributed by atoms with van der Waals surface area (Å²) in [6.07, 6.45) is 36.0. The predicted molar refractivity (Wildman–Crippen MR) is 216 cm³/mol. The molecule has 0 aromatic carbocycles. The summed E-state index contributed by atoms with van der Waals surface area (Å²) in [5.41, 5.74) is 0. The van der Waals surface area contributed by atoms with Crippen LogP contribution in [0.25, 0.3) is 0 Å². The number of hydrogen-bond acceptors (Lipinski definition) is 8. The van der Waals surface area contributed by atoms with Crippen molar-refractivity contribution < 1.29 is 47.2 Å². The zero-order valence-electron chi connectivity index (χ0n) is 33.8. The Balaban J connectivity index is 4.58. The molecule has 306 valence electrons. The second-order valence-electron chi connectivity index (χ2n) is 14.5. The molecule has 11 heteroatoms. The van der Waals surface area contributed by atoms with Gasteiger partial charge in [-0.2, -0.15) is 0 Å². The van der Waals surface area contributed by atoms with Gasteiger partial charge in [0.25, 0.3) is 0 Å². The molecule has 53 heavy (non-hydrogen) atoms. The van der Waals surface area contributed by atoms with Crippen LogP contribution in [0.5, 0.6) is 0 Å². The zero-order valence-corrected chi connectivity index (χ0v) is 34.7. The highest BCUT2D eigenvalue weighted by Gasteiger charge is 2.27. The largest absolute Gasteiger partial charge is 0.472 e. The maximum Gasteiger partial charge on any atom is 0.472 e. The number of carbonyl (C=O) groups is 2. The SMILES string of the molecule is CCCC/C=C\CCCCCCCC(=O)OC[C@H](COP(=O)(O)OCC[N+](C)(C)C)OC(=O)CCC/C=C\C/C=C\C/C=C\C=C\[C@@H](O)CCCCC. The molecule has 0 aliphatic carbocycles. The lowest BCUT2D eigenvalue weighted by molar-refractivity contribution is -0.870. The maximum atomic E-state index is 12.6. The molecule has 0 aromatic heterocycles. The minimum absolute atomic E-state index is 0.00934. The molecule has 0 rings (SSSR count). The molecular weight excluding hydrogens is 693 g/mol. The monoisotopic (exact) mass is 769 g/mol. The van der Waals surface area contributed by atoms with Crippen LogP contribution in [0.4, 0.5) is 0 Å². The standard InChI is InChI=1S/C42H74NO9P/c1-6-8-10-11-12-13-15-19-22-25-29-33-41(45)49-37-40(38-51-53(47,48)50-36-35-43(3,4)5)52-42(46)34-30-26-23-20-17-14-16-18-21-24-28-32-39(44)31-27-9-7-2/h11-12,14,16,20-21,23-24,28,32,39-40,44H,6-10,13,15,17-19,22,25-27,29-31,33-38H2,1-5H3/p+1/b12-11-,16-14-,23-20-,24-21-,32-28+/t39-,40+/m0/s1. The molecule has 1 unspecified atom stereocenters. The summed E-state index contributed by atoms with van der Waals surface area (Å²) in [6, 6.07) is 0. The Bertz CT molecular complexity index is 1110. The number of carbonyl (C=O) groups excluding carboxylic acids is 2. The molecule has 0 aliphatic rings. The van der Waals surface area contributed by atoms with E-state index in [9.17, 15) is 24.2 Å². The molecule has 3 atom stereocenters. The van der Waals surface area contributed by atoms with E-state index in [-0.39, 0.29) is 32.2 Å². The van der Waals surface area contributed by atoms with Gasteiger partial charge >= 0.3 is 19.8 Å². The second-order valence-corrected chi connectivity index (χ2v) is 16.0. The summed E-state index contributed by atoms with van der Waals surface area (Å²) in [4.78, 5) is 35.2. The topological polar surface area (TPSA) is 129 Å². The summed E-state index contributed by atoms with van der Waals surface area (Å²) in [7, 11) is 1.40. The molecule has 0 aromatic rings. The van der Waals surface area contributed by atoms with E-state index in [1.807, 2.05) is 57.6 Å². The number of phosphoric ester groups is 1. The molecule has 2 N–H and O–H groups in total. The number of nitrogens with zero attached hydrogens (tertiary/aromatic N) is 1. The number of quaternary nitrogens is 1. The van der Waals surface area contributed by atoms with Crippen molar-refractivity contribution in [3.8, 4) is 0 Å². The van der Waals surface area contributed by atoms with Crippen LogP contribution in [0, 0.1) is 0 Å². The number of ether oxygens (including phenoxy) is 2. The molecule has 0 bridgehead atoms. The summed E-state index contributed by atoms with van der Waals surface area (Å²) in [5.74, 6) is -0.910.